The van der Waals surface area contributed by atoms with Gasteiger partial charge in [0, 0.05) is 25.7 Å². The van der Waals surface area contributed by atoms with E-state index in [1.807, 2.05) is 12.1 Å². The van der Waals surface area contributed by atoms with Crippen LogP contribution in [-0.4, -0.2) is 60.8 Å². The van der Waals surface area contributed by atoms with Crippen molar-refractivity contribution in [3.05, 3.63) is 33.8 Å². The van der Waals surface area contributed by atoms with E-state index in [1.54, 1.807) is 6.07 Å². The summed E-state index contributed by atoms with van der Waals surface area (Å²) in [6.07, 6.45) is 0.199. The summed E-state index contributed by atoms with van der Waals surface area (Å²) in [7, 11) is 4.15. The van der Waals surface area contributed by atoms with Gasteiger partial charge in [-0.2, -0.15) is 0 Å². The van der Waals surface area contributed by atoms with Crippen LogP contribution in [0.4, 0.5) is 0 Å². The maximum atomic E-state index is 10.4. The molecule has 2 rings (SSSR count). The third-order valence-corrected chi connectivity index (χ3v) is 4.51. The number of halogens is 2. The van der Waals surface area contributed by atoms with Crippen molar-refractivity contribution in [3.63, 3.8) is 0 Å². The molecule has 1 N–H and O–H groups in total. The molecule has 1 aliphatic rings. The zero-order chi connectivity index (χ0) is 14.0. The van der Waals surface area contributed by atoms with Crippen molar-refractivity contribution in [2.24, 2.45) is 0 Å². The Morgan fingerprint density at radius 3 is 2.68 bits per heavy atom. The quantitative estimate of drug-likeness (QED) is 0.927. The number of likely N-dealkylation sites (N-methyl/N-ethyl adjacent to an activating group) is 2. The molecule has 0 bridgehead atoms. The Morgan fingerprint density at radius 2 is 2.00 bits per heavy atom. The first-order chi connectivity index (χ1) is 8.97. The Labute approximate surface area is 124 Å². The number of nitrogens with zero attached hydrogens (tertiary/aromatic N) is 2. The van der Waals surface area contributed by atoms with Crippen LogP contribution in [0.3, 0.4) is 0 Å². The fourth-order valence-corrected chi connectivity index (χ4v) is 2.82. The van der Waals surface area contributed by atoms with Gasteiger partial charge in [0.25, 0.3) is 0 Å². The first kappa shape index (κ1) is 15.1. The van der Waals surface area contributed by atoms with Crippen molar-refractivity contribution in [3.8, 4) is 0 Å². The summed E-state index contributed by atoms with van der Waals surface area (Å²) in [6.45, 7) is 2.92. The van der Waals surface area contributed by atoms with Crippen LogP contribution < -0.4 is 0 Å². The highest BCUT2D eigenvalue weighted by molar-refractivity contribution is 6.42. The summed E-state index contributed by atoms with van der Waals surface area (Å²) < 4.78 is 0. The monoisotopic (exact) mass is 302 g/mol. The molecular weight excluding hydrogens is 283 g/mol. The van der Waals surface area contributed by atoms with Gasteiger partial charge in [-0.15, -0.1) is 0 Å². The Hall–Kier alpha value is -0.320. The van der Waals surface area contributed by atoms with E-state index in [4.69, 9.17) is 23.2 Å². The molecular formula is C14H20Cl2N2O. The van der Waals surface area contributed by atoms with Gasteiger partial charge in [-0.3, -0.25) is 4.90 Å². The van der Waals surface area contributed by atoms with Crippen LogP contribution in [-0.2, 0) is 6.42 Å². The molecule has 0 aliphatic carbocycles. The van der Waals surface area contributed by atoms with Crippen molar-refractivity contribution in [1.82, 2.24) is 9.80 Å². The molecule has 3 nitrogen and oxygen atoms in total. The molecule has 2 atom stereocenters. The predicted octanol–water partition coefficient (Wildman–Crippen LogP) is 2.14. The summed E-state index contributed by atoms with van der Waals surface area (Å²) in [4.78, 5) is 4.48. The molecule has 0 amide bonds. The molecule has 1 fully saturated rings. The van der Waals surface area contributed by atoms with Gasteiger partial charge in [0.05, 0.1) is 16.1 Å². The largest absolute Gasteiger partial charge is 0.391 e. The smallest absolute Gasteiger partial charge is 0.0747 e. The Bertz CT molecular complexity index is 441. The van der Waals surface area contributed by atoms with E-state index in [0.29, 0.717) is 16.5 Å². The zero-order valence-corrected chi connectivity index (χ0v) is 12.8. The lowest BCUT2D eigenvalue weighted by Crippen LogP contribution is -2.55. The molecule has 0 radical (unpaired) electrons. The molecule has 0 saturated carbocycles. The van der Waals surface area contributed by atoms with Crippen LogP contribution in [0.1, 0.15) is 5.56 Å². The second-order valence-electron chi connectivity index (χ2n) is 5.33. The highest BCUT2D eigenvalue weighted by atomic mass is 35.5. The highest BCUT2D eigenvalue weighted by Gasteiger charge is 2.28. The molecule has 1 aromatic carbocycles. The second kappa shape index (κ2) is 6.42. The summed E-state index contributed by atoms with van der Waals surface area (Å²) in [6, 6.07) is 5.69. The molecule has 0 aromatic heterocycles. The van der Waals surface area contributed by atoms with Gasteiger partial charge >= 0.3 is 0 Å². The third-order valence-electron chi connectivity index (χ3n) is 3.77. The van der Waals surface area contributed by atoms with Crippen LogP contribution in [0, 0.1) is 0 Å². The van der Waals surface area contributed by atoms with Gasteiger partial charge in [0.15, 0.2) is 0 Å². The fraction of sp³-hybridized carbons (Fsp3) is 0.571. The topological polar surface area (TPSA) is 26.7 Å². The van der Waals surface area contributed by atoms with E-state index >= 15 is 0 Å². The standard InChI is InChI=1S/C14H20Cl2N2O/c1-17-5-6-18(2)13(9-17)14(19)8-10-3-4-11(15)12(16)7-10/h3-4,7,13-14,19H,5-6,8-9H2,1-2H3. The molecule has 106 valence electrons. The average Bonchev–Trinajstić information content (AvgIpc) is 2.36. The first-order valence-corrected chi connectivity index (χ1v) is 7.23. The summed E-state index contributed by atoms with van der Waals surface area (Å²) in [5, 5.41) is 11.5. The number of aliphatic hydroxyl groups is 1. The van der Waals surface area contributed by atoms with Gasteiger partial charge in [0.1, 0.15) is 0 Å². The Kier molecular flexibility index (Phi) is 5.09. The molecule has 5 heteroatoms. The van der Waals surface area contributed by atoms with Crippen LogP contribution in [0.5, 0.6) is 0 Å². The maximum absolute atomic E-state index is 10.4. The summed E-state index contributed by atoms with van der Waals surface area (Å²) >= 11 is 11.9. The van der Waals surface area contributed by atoms with Gasteiger partial charge < -0.3 is 10.0 Å². The van der Waals surface area contributed by atoms with Gasteiger partial charge in [-0.05, 0) is 38.2 Å². The van der Waals surface area contributed by atoms with E-state index in [9.17, 15) is 5.11 Å². The lowest BCUT2D eigenvalue weighted by molar-refractivity contribution is 0.0153. The fourth-order valence-electron chi connectivity index (χ4n) is 2.50. The Morgan fingerprint density at radius 1 is 1.26 bits per heavy atom. The number of benzene rings is 1. The zero-order valence-electron chi connectivity index (χ0n) is 11.3. The number of hydrogen-bond donors (Lipinski definition) is 1. The van der Waals surface area contributed by atoms with Crippen molar-refractivity contribution in [1.29, 1.82) is 0 Å². The minimum absolute atomic E-state index is 0.160. The minimum Gasteiger partial charge on any atom is -0.391 e. The number of piperazine rings is 1. The van der Waals surface area contributed by atoms with Crippen molar-refractivity contribution in [2.75, 3.05) is 33.7 Å². The van der Waals surface area contributed by atoms with E-state index in [2.05, 4.69) is 23.9 Å². The SMILES string of the molecule is CN1CCN(C)C(C(O)Cc2ccc(Cl)c(Cl)c2)C1. The number of aliphatic hydroxyl groups excluding tert-OH is 1. The van der Waals surface area contributed by atoms with Crippen LogP contribution in [0.2, 0.25) is 10.0 Å². The second-order valence-corrected chi connectivity index (χ2v) is 6.14. The normalized spacial score (nSPS) is 23.5. The van der Waals surface area contributed by atoms with Crippen molar-refractivity contribution < 1.29 is 5.11 Å². The molecule has 1 heterocycles. The van der Waals surface area contributed by atoms with E-state index < -0.39 is 6.10 Å². The maximum Gasteiger partial charge on any atom is 0.0747 e. The summed E-state index contributed by atoms with van der Waals surface area (Å²) in [5.74, 6) is 0. The minimum atomic E-state index is -0.398. The molecule has 1 saturated heterocycles. The van der Waals surface area contributed by atoms with Crippen LogP contribution in [0.25, 0.3) is 0 Å². The molecule has 2 unspecified atom stereocenters. The van der Waals surface area contributed by atoms with E-state index in [0.717, 1.165) is 25.2 Å². The average molecular weight is 303 g/mol. The molecule has 0 spiro atoms. The lowest BCUT2D eigenvalue weighted by Gasteiger charge is -2.40. The highest BCUT2D eigenvalue weighted by Crippen LogP contribution is 2.24. The van der Waals surface area contributed by atoms with Gasteiger partial charge in [-0.1, -0.05) is 29.3 Å². The predicted molar refractivity (Wildman–Crippen MR) is 80.1 cm³/mol. The van der Waals surface area contributed by atoms with E-state index in [-0.39, 0.29) is 6.04 Å². The molecule has 1 aromatic rings. The van der Waals surface area contributed by atoms with Gasteiger partial charge in [0.2, 0.25) is 0 Å². The summed E-state index contributed by atoms with van der Waals surface area (Å²) in [5.41, 5.74) is 1.02. The van der Waals surface area contributed by atoms with Crippen molar-refractivity contribution >= 4 is 23.2 Å². The first-order valence-electron chi connectivity index (χ1n) is 6.48. The Balaban J connectivity index is 2.03. The molecule has 19 heavy (non-hydrogen) atoms. The van der Waals surface area contributed by atoms with Crippen LogP contribution >= 0.6 is 23.2 Å². The number of hydrogen-bond acceptors (Lipinski definition) is 3. The number of rotatable bonds is 3. The van der Waals surface area contributed by atoms with Gasteiger partial charge in [-0.25, -0.2) is 0 Å². The third kappa shape index (κ3) is 3.83. The van der Waals surface area contributed by atoms with Crippen molar-refractivity contribution in [2.45, 2.75) is 18.6 Å². The lowest BCUT2D eigenvalue weighted by atomic mass is 9.99. The van der Waals surface area contributed by atoms with E-state index in [1.165, 1.54) is 0 Å². The molecule has 1 aliphatic heterocycles. The van der Waals surface area contributed by atoms with Crippen LogP contribution in [0.15, 0.2) is 18.2 Å².